The average Bonchev–Trinajstić information content (AvgIpc) is 3.31. The molecule has 2 aromatic rings. The molecule has 2 aromatic carbocycles. The molecule has 0 aliphatic carbocycles. The summed E-state index contributed by atoms with van der Waals surface area (Å²) in [5.74, 6) is -0.147. The van der Waals surface area contributed by atoms with Gasteiger partial charge in [-0.3, -0.25) is 9.10 Å². The first kappa shape index (κ1) is 25.7. The first-order chi connectivity index (χ1) is 17.1. The Balaban J connectivity index is 1.23. The molecule has 0 radical (unpaired) electrons. The number of piperidine rings is 1. The van der Waals surface area contributed by atoms with Gasteiger partial charge >= 0.3 is 0 Å². The first-order valence-corrected chi connectivity index (χ1v) is 15.1. The van der Waals surface area contributed by atoms with Gasteiger partial charge in [-0.05, 0) is 37.1 Å². The molecule has 0 saturated carbocycles. The van der Waals surface area contributed by atoms with Gasteiger partial charge in [0.15, 0.2) is 0 Å². The second-order valence-corrected chi connectivity index (χ2v) is 14.2. The maximum absolute atomic E-state index is 13.1. The number of sulfonamides is 1. The van der Waals surface area contributed by atoms with Crippen molar-refractivity contribution in [1.29, 1.82) is 0 Å². The Bertz CT molecular complexity index is 1360. The van der Waals surface area contributed by atoms with Crippen LogP contribution in [0, 0.1) is 5.41 Å². The van der Waals surface area contributed by atoms with Gasteiger partial charge in [0, 0.05) is 51.3 Å². The molecule has 2 saturated heterocycles. The Labute approximate surface area is 224 Å². The first-order valence-electron chi connectivity index (χ1n) is 11.5. The molecule has 1 atom stereocenters. The number of carbonyl (C=O) groups is 1. The van der Waals surface area contributed by atoms with Crippen molar-refractivity contribution in [2.45, 2.75) is 17.7 Å². The molecule has 2 fully saturated rings. The number of amides is 1. The Hall–Kier alpha value is -1.95. The maximum Gasteiger partial charge on any atom is 0.254 e. The number of hydrogen-bond acceptors (Lipinski definition) is 6. The monoisotopic (exact) mass is 567 g/mol. The number of nitrogens with zero attached hydrogens (tertiary/aromatic N) is 5. The summed E-state index contributed by atoms with van der Waals surface area (Å²) in [5, 5.41) is 10.1. The zero-order valence-electron chi connectivity index (χ0n) is 19.9. The number of halogens is 2. The van der Waals surface area contributed by atoms with E-state index in [1.54, 1.807) is 54.8 Å². The highest BCUT2D eigenvalue weighted by molar-refractivity contribution is 8.39. The van der Waals surface area contributed by atoms with Gasteiger partial charge in [-0.1, -0.05) is 41.4 Å². The quantitative estimate of drug-likeness (QED) is 0.551. The summed E-state index contributed by atoms with van der Waals surface area (Å²) in [4.78, 5) is 14.0. The van der Waals surface area contributed by atoms with Crippen molar-refractivity contribution >= 4 is 60.8 Å². The van der Waals surface area contributed by atoms with Crippen LogP contribution in [0.4, 0.5) is 0 Å². The third kappa shape index (κ3) is 4.59. The molecule has 12 heteroatoms. The van der Waals surface area contributed by atoms with Gasteiger partial charge in [0.25, 0.3) is 5.91 Å². The minimum Gasteiger partial charge on any atom is -0.345 e. The van der Waals surface area contributed by atoms with Crippen LogP contribution in [0.5, 0.6) is 0 Å². The van der Waals surface area contributed by atoms with Crippen LogP contribution in [0.2, 0.25) is 10.0 Å². The zero-order chi connectivity index (χ0) is 25.7. The van der Waals surface area contributed by atoms with Crippen molar-refractivity contribution < 1.29 is 13.2 Å². The largest absolute Gasteiger partial charge is 0.345 e. The summed E-state index contributed by atoms with van der Waals surface area (Å²) in [6.45, 7) is 2.69. The molecule has 8 nitrogen and oxygen atoms in total. The van der Waals surface area contributed by atoms with Crippen molar-refractivity contribution in [2.24, 2.45) is 15.6 Å². The Morgan fingerprint density at radius 3 is 2.39 bits per heavy atom. The van der Waals surface area contributed by atoms with E-state index in [1.807, 2.05) is 11.6 Å². The minimum absolute atomic E-state index is 0.0933. The van der Waals surface area contributed by atoms with Crippen molar-refractivity contribution in [1.82, 2.24) is 13.5 Å². The predicted octanol–water partition coefficient (Wildman–Crippen LogP) is 4.10. The van der Waals surface area contributed by atoms with Crippen molar-refractivity contribution in [3.8, 4) is 0 Å². The van der Waals surface area contributed by atoms with E-state index < -0.39 is 21.1 Å². The molecule has 1 unspecified atom stereocenters. The fourth-order valence-corrected chi connectivity index (χ4v) is 9.21. The lowest BCUT2D eigenvalue weighted by atomic mass is 9.74. The van der Waals surface area contributed by atoms with E-state index >= 15 is 0 Å². The fraction of sp³-hybridized carbons (Fsp3) is 0.375. The predicted molar refractivity (Wildman–Crippen MR) is 147 cm³/mol. The number of carbonyl (C=O) groups excluding carboxylic acids is 1. The van der Waals surface area contributed by atoms with Gasteiger partial charge in [-0.2, -0.15) is 9.41 Å². The van der Waals surface area contributed by atoms with Gasteiger partial charge in [-0.25, -0.2) is 8.42 Å². The standard InChI is InChI=1S/C24H27Cl2N5O3S2/c1-29(2)23(32)18-8-7-17(13-20(18)26)22-28-27-16-35(22)30-14-24(15-30)9-11-31(12-10-24)36(33,34)21-6-4-3-5-19(21)25/h3-8,13,16,35H,9-12,14-15H2,1-2H3. The van der Waals surface area contributed by atoms with Crippen LogP contribution in [-0.2, 0) is 10.0 Å². The van der Waals surface area contributed by atoms with Gasteiger partial charge < -0.3 is 4.90 Å². The number of rotatable bonds is 5. The van der Waals surface area contributed by atoms with Crippen LogP contribution in [0.3, 0.4) is 0 Å². The second-order valence-electron chi connectivity index (χ2n) is 9.55. The van der Waals surface area contributed by atoms with E-state index in [9.17, 15) is 13.2 Å². The topological polar surface area (TPSA) is 85.7 Å². The van der Waals surface area contributed by atoms with Crippen LogP contribution in [-0.4, -0.2) is 78.7 Å². The molecule has 0 aromatic heterocycles. The zero-order valence-corrected chi connectivity index (χ0v) is 23.2. The molecule has 0 N–H and O–H groups in total. The van der Waals surface area contributed by atoms with E-state index in [4.69, 9.17) is 23.2 Å². The Kier molecular flexibility index (Phi) is 6.95. The number of hydrogen-bond donors (Lipinski definition) is 1. The van der Waals surface area contributed by atoms with Gasteiger partial charge in [-0.15, -0.1) is 16.2 Å². The van der Waals surface area contributed by atoms with E-state index in [0.29, 0.717) is 23.7 Å². The molecular weight excluding hydrogens is 541 g/mol. The lowest BCUT2D eigenvalue weighted by Gasteiger charge is -2.55. The summed E-state index contributed by atoms with van der Waals surface area (Å²) in [5.41, 5.74) is 3.30. The third-order valence-corrected chi connectivity index (χ3v) is 11.7. The number of benzene rings is 2. The summed E-state index contributed by atoms with van der Waals surface area (Å²) in [6.07, 6.45) is 1.60. The second kappa shape index (κ2) is 9.74. The molecule has 192 valence electrons. The fourth-order valence-electron chi connectivity index (χ4n) is 4.89. The van der Waals surface area contributed by atoms with E-state index in [0.717, 1.165) is 36.5 Å². The summed E-state index contributed by atoms with van der Waals surface area (Å²) >= 11 is 11.8. The van der Waals surface area contributed by atoms with E-state index in [2.05, 4.69) is 14.5 Å². The molecule has 36 heavy (non-hydrogen) atoms. The highest BCUT2D eigenvalue weighted by Crippen LogP contribution is 2.50. The van der Waals surface area contributed by atoms with E-state index in [1.165, 1.54) is 4.90 Å². The summed E-state index contributed by atoms with van der Waals surface area (Å²) in [7, 11) is -0.225. The SMILES string of the molecule is CN(C)C(=O)c1ccc(C2=NN=C[SH]2N2CC3(CCN(S(=O)(=O)c4ccccc4Cl)CC3)C2)cc1Cl. The molecule has 3 aliphatic heterocycles. The molecular formula is C24H27Cl2N5O3S2. The lowest BCUT2D eigenvalue weighted by Crippen LogP contribution is -2.59. The third-order valence-electron chi connectivity index (χ3n) is 6.97. The Morgan fingerprint density at radius 2 is 1.75 bits per heavy atom. The minimum atomic E-state index is -3.61. The van der Waals surface area contributed by atoms with Crippen LogP contribution >= 0.6 is 34.3 Å². The lowest BCUT2D eigenvalue weighted by molar-refractivity contribution is 0.0266. The van der Waals surface area contributed by atoms with Crippen LogP contribution in [0.25, 0.3) is 0 Å². The van der Waals surface area contributed by atoms with Gasteiger partial charge in [0.05, 0.1) is 21.2 Å². The molecule has 5 rings (SSSR count). The highest BCUT2D eigenvalue weighted by Gasteiger charge is 2.49. The number of thiol groups is 1. The molecule has 3 heterocycles. The van der Waals surface area contributed by atoms with Gasteiger partial charge in [0.2, 0.25) is 10.0 Å². The normalized spacial score (nSPS) is 22.9. The average molecular weight is 569 g/mol. The molecule has 1 amide bonds. The molecule has 1 spiro atoms. The van der Waals surface area contributed by atoms with Crippen molar-refractivity contribution in [2.75, 3.05) is 40.3 Å². The van der Waals surface area contributed by atoms with Crippen LogP contribution in [0.1, 0.15) is 28.8 Å². The van der Waals surface area contributed by atoms with E-state index in [-0.39, 0.29) is 21.2 Å². The smallest absolute Gasteiger partial charge is 0.254 e. The maximum atomic E-state index is 13.1. The summed E-state index contributed by atoms with van der Waals surface area (Å²) in [6, 6.07) is 12.0. The summed E-state index contributed by atoms with van der Waals surface area (Å²) < 4.78 is 30.1. The Morgan fingerprint density at radius 1 is 1.06 bits per heavy atom. The van der Waals surface area contributed by atoms with Crippen LogP contribution in [0.15, 0.2) is 57.6 Å². The van der Waals surface area contributed by atoms with Crippen LogP contribution < -0.4 is 0 Å². The van der Waals surface area contributed by atoms with Crippen molar-refractivity contribution in [3.05, 3.63) is 63.6 Å². The highest BCUT2D eigenvalue weighted by atomic mass is 35.5. The molecule has 3 aliphatic rings. The van der Waals surface area contributed by atoms with Gasteiger partial charge in [0.1, 0.15) is 9.94 Å². The van der Waals surface area contributed by atoms with Crippen molar-refractivity contribution in [3.63, 3.8) is 0 Å². The molecule has 0 bridgehead atoms.